The van der Waals surface area contributed by atoms with Crippen molar-refractivity contribution in [3.05, 3.63) is 38.7 Å². The van der Waals surface area contributed by atoms with Crippen LogP contribution in [-0.2, 0) is 22.4 Å². The molecule has 2 aromatic heterocycles. The molecule has 4 nitrogen and oxygen atoms in total. The minimum atomic E-state index is -3.62. The standard InChI is InChI=1S/C11H11BrClNO3S2/c1-14(6-10-4-8(12)7-18-10)19(15,16)11-3-2-9(5-13)17-11/h2-4,7H,5-6H2,1H3. The van der Waals surface area contributed by atoms with Crippen molar-refractivity contribution in [2.45, 2.75) is 17.5 Å². The lowest BCUT2D eigenvalue weighted by molar-refractivity contribution is 0.394. The van der Waals surface area contributed by atoms with Crippen LogP contribution in [0.5, 0.6) is 0 Å². The fourth-order valence-corrected chi connectivity index (χ4v) is 4.26. The van der Waals surface area contributed by atoms with Gasteiger partial charge in [0, 0.05) is 28.3 Å². The maximum atomic E-state index is 12.3. The van der Waals surface area contributed by atoms with Crippen LogP contribution in [0.15, 0.2) is 37.6 Å². The largest absolute Gasteiger partial charge is 0.447 e. The highest BCUT2D eigenvalue weighted by Gasteiger charge is 2.25. The summed E-state index contributed by atoms with van der Waals surface area (Å²) < 4.78 is 31.9. The van der Waals surface area contributed by atoms with E-state index in [-0.39, 0.29) is 11.0 Å². The van der Waals surface area contributed by atoms with Crippen molar-refractivity contribution in [3.63, 3.8) is 0 Å². The molecule has 0 atom stereocenters. The highest BCUT2D eigenvalue weighted by molar-refractivity contribution is 9.10. The second kappa shape index (κ2) is 5.97. The van der Waals surface area contributed by atoms with Gasteiger partial charge in [-0.25, -0.2) is 8.42 Å². The van der Waals surface area contributed by atoms with E-state index in [1.54, 1.807) is 6.07 Å². The van der Waals surface area contributed by atoms with Gasteiger partial charge < -0.3 is 4.42 Å². The molecule has 0 saturated carbocycles. The van der Waals surface area contributed by atoms with Crippen molar-refractivity contribution in [2.24, 2.45) is 0 Å². The minimum Gasteiger partial charge on any atom is -0.447 e. The van der Waals surface area contributed by atoms with Gasteiger partial charge in [0.1, 0.15) is 5.76 Å². The topological polar surface area (TPSA) is 50.5 Å². The zero-order valence-electron chi connectivity index (χ0n) is 9.97. The quantitative estimate of drug-likeness (QED) is 0.739. The van der Waals surface area contributed by atoms with Crippen LogP contribution >= 0.6 is 38.9 Å². The number of sulfonamides is 1. The van der Waals surface area contributed by atoms with Gasteiger partial charge in [0.25, 0.3) is 10.0 Å². The molecule has 0 fully saturated rings. The summed E-state index contributed by atoms with van der Waals surface area (Å²) in [6, 6.07) is 4.88. The molecule has 19 heavy (non-hydrogen) atoms. The van der Waals surface area contributed by atoms with Crippen molar-refractivity contribution >= 4 is 48.9 Å². The van der Waals surface area contributed by atoms with Gasteiger partial charge in [0.05, 0.1) is 5.88 Å². The van der Waals surface area contributed by atoms with Gasteiger partial charge in [-0.15, -0.1) is 22.9 Å². The molecule has 2 aromatic rings. The predicted octanol–water partition coefficient (Wildman–Crippen LogP) is 3.66. The monoisotopic (exact) mass is 383 g/mol. The van der Waals surface area contributed by atoms with Crippen molar-refractivity contribution in [3.8, 4) is 0 Å². The van der Waals surface area contributed by atoms with Crippen LogP contribution in [0.3, 0.4) is 0 Å². The van der Waals surface area contributed by atoms with E-state index in [4.69, 9.17) is 16.0 Å². The van der Waals surface area contributed by atoms with E-state index in [2.05, 4.69) is 15.9 Å². The van der Waals surface area contributed by atoms with Crippen molar-refractivity contribution in [1.82, 2.24) is 4.31 Å². The lowest BCUT2D eigenvalue weighted by Crippen LogP contribution is -2.25. The van der Waals surface area contributed by atoms with Crippen molar-refractivity contribution < 1.29 is 12.8 Å². The van der Waals surface area contributed by atoms with E-state index in [9.17, 15) is 8.42 Å². The first-order valence-electron chi connectivity index (χ1n) is 5.27. The third-order valence-corrected chi connectivity index (χ3v) is 6.06. The average Bonchev–Trinajstić information content (AvgIpc) is 2.98. The molecule has 0 bridgehead atoms. The Labute approximate surface area is 129 Å². The molecule has 0 N–H and O–H groups in total. The SMILES string of the molecule is CN(Cc1cc(Br)cs1)S(=O)(=O)c1ccc(CCl)o1. The van der Waals surface area contributed by atoms with Crippen LogP contribution in [0.25, 0.3) is 0 Å². The van der Waals surface area contributed by atoms with Gasteiger partial charge in [-0.3, -0.25) is 0 Å². The Hall–Kier alpha value is -0.340. The van der Waals surface area contributed by atoms with Gasteiger partial charge in [0.2, 0.25) is 5.09 Å². The zero-order valence-corrected chi connectivity index (χ0v) is 13.9. The van der Waals surface area contributed by atoms with Gasteiger partial charge in [-0.05, 0) is 34.1 Å². The number of furan rings is 1. The first-order valence-corrected chi connectivity index (χ1v) is 8.92. The Kier molecular flexibility index (Phi) is 4.73. The lowest BCUT2D eigenvalue weighted by atomic mass is 10.5. The van der Waals surface area contributed by atoms with E-state index < -0.39 is 10.0 Å². The van der Waals surface area contributed by atoms with E-state index >= 15 is 0 Å². The normalized spacial score (nSPS) is 12.2. The molecule has 104 valence electrons. The molecule has 0 aliphatic rings. The van der Waals surface area contributed by atoms with Gasteiger partial charge in [-0.2, -0.15) is 4.31 Å². The molecule has 8 heteroatoms. The lowest BCUT2D eigenvalue weighted by Gasteiger charge is -2.14. The Morgan fingerprint density at radius 1 is 1.47 bits per heavy atom. The van der Waals surface area contributed by atoms with Crippen LogP contribution < -0.4 is 0 Å². The van der Waals surface area contributed by atoms with E-state index in [0.717, 1.165) is 9.35 Å². The number of thiophene rings is 1. The number of hydrogen-bond acceptors (Lipinski definition) is 4. The molecule has 0 radical (unpaired) electrons. The second-order valence-electron chi connectivity index (χ2n) is 3.85. The van der Waals surface area contributed by atoms with Crippen LogP contribution in [0.1, 0.15) is 10.6 Å². The Morgan fingerprint density at radius 3 is 2.74 bits per heavy atom. The van der Waals surface area contributed by atoms with E-state index in [1.807, 2.05) is 11.4 Å². The van der Waals surface area contributed by atoms with Gasteiger partial charge in [-0.1, -0.05) is 0 Å². The summed E-state index contributed by atoms with van der Waals surface area (Å²) in [7, 11) is -2.10. The first kappa shape index (κ1) is 15.1. The van der Waals surface area contributed by atoms with Gasteiger partial charge in [0.15, 0.2) is 0 Å². The minimum absolute atomic E-state index is 0.0822. The van der Waals surface area contributed by atoms with Crippen LogP contribution in [0.4, 0.5) is 0 Å². The van der Waals surface area contributed by atoms with Gasteiger partial charge >= 0.3 is 0 Å². The first-order chi connectivity index (χ1) is 8.93. The molecule has 0 unspecified atom stereocenters. The van der Waals surface area contributed by atoms with E-state index in [0.29, 0.717) is 12.3 Å². The summed E-state index contributed by atoms with van der Waals surface area (Å²) in [5.74, 6) is 0.587. The second-order valence-corrected chi connectivity index (χ2v) is 8.00. The van der Waals surface area contributed by atoms with E-state index in [1.165, 1.54) is 28.8 Å². The molecule has 2 rings (SSSR count). The van der Waals surface area contributed by atoms with Crippen LogP contribution in [-0.4, -0.2) is 19.8 Å². The Morgan fingerprint density at radius 2 is 2.21 bits per heavy atom. The third-order valence-electron chi connectivity index (χ3n) is 2.43. The maximum absolute atomic E-state index is 12.3. The summed E-state index contributed by atoms with van der Waals surface area (Å²) in [6.07, 6.45) is 0. The highest BCUT2D eigenvalue weighted by atomic mass is 79.9. The highest BCUT2D eigenvalue weighted by Crippen LogP contribution is 2.24. The third kappa shape index (κ3) is 3.41. The Balaban J connectivity index is 2.19. The van der Waals surface area contributed by atoms with Crippen LogP contribution in [0, 0.1) is 0 Å². The van der Waals surface area contributed by atoms with Crippen molar-refractivity contribution in [2.75, 3.05) is 7.05 Å². The number of halogens is 2. The molecule has 0 aliphatic heterocycles. The predicted molar refractivity (Wildman–Crippen MR) is 78.9 cm³/mol. The van der Waals surface area contributed by atoms with Crippen molar-refractivity contribution in [1.29, 1.82) is 0 Å². The summed E-state index contributed by atoms with van der Waals surface area (Å²) in [5.41, 5.74) is 0. The molecule has 0 spiro atoms. The molecule has 2 heterocycles. The fourth-order valence-electron chi connectivity index (χ4n) is 1.46. The molecule has 0 aromatic carbocycles. The Bertz CT molecular complexity index is 665. The molecule has 0 saturated heterocycles. The fraction of sp³-hybridized carbons (Fsp3) is 0.273. The number of hydrogen-bond donors (Lipinski definition) is 0. The molecule has 0 amide bonds. The molecule has 0 aliphatic carbocycles. The van der Waals surface area contributed by atoms with Crippen LogP contribution in [0.2, 0.25) is 0 Å². The summed E-state index contributed by atoms with van der Waals surface area (Å²) >= 11 is 10.4. The summed E-state index contributed by atoms with van der Waals surface area (Å²) in [4.78, 5) is 0.946. The molecular formula is C11H11BrClNO3S2. The summed E-state index contributed by atoms with van der Waals surface area (Å²) in [5, 5.41) is 1.83. The number of nitrogens with zero attached hydrogens (tertiary/aromatic N) is 1. The maximum Gasteiger partial charge on any atom is 0.276 e. The smallest absolute Gasteiger partial charge is 0.276 e. The number of rotatable bonds is 5. The summed E-state index contributed by atoms with van der Waals surface area (Å²) in [6.45, 7) is 0.301. The number of alkyl halides is 1. The zero-order chi connectivity index (χ0) is 14.0. The average molecular weight is 385 g/mol. The molecular weight excluding hydrogens is 374 g/mol.